The van der Waals surface area contributed by atoms with Crippen LogP contribution in [0.3, 0.4) is 0 Å². The van der Waals surface area contributed by atoms with Gasteiger partial charge in [-0.2, -0.15) is 15.2 Å². The van der Waals surface area contributed by atoms with Crippen molar-refractivity contribution in [2.45, 2.75) is 50.7 Å². The van der Waals surface area contributed by atoms with E-state index in [1.807, 2.05) is 12.1 Å². The molecule has 2 fully saturated rings. The molecule has 2 aliphatic heterocycles. The molecular formula is C31H38ClN7O. The number of piperazine rings is 1. The molecule has 3 aliphatic rings. The number of fused-ring (bicyclic) bond motifs is 2. The summed E-state index contributed by atoms with van der Waals surface area (Å²) in [5, 5.41) is 12.4. The summed E-state index contributed by atoms with van der Waals surface area (Å²) in [7, 11) is 4.29. The zero-order valence-electron chi connectivity index (χ0n) is 23.5. The van der Waals surface area contributed by atoms with Gasteiger partial charge >= 0.3 is 6.01 Å². The number of benzene rings is 2. The number of nitrogens with zero attached hydrogens (tertiary/aromatic N) is 7. The van der Waals surface area contributed by atoms with Crippen LogP contribution in [0.25, 0.3) is 10.8 Å². The number of aromatic nitrogens is 2. The highest BCUT2D eigenvalue weighted by Gasteiger charge is 2.31. The van der Waals surface area contributed by atoms with E-state index in [1.165, 1.54) is 24.8 Å². The molecule has 8 nitrogen and oxygen atoms in total. The molecule has 3 aromatic rings. The third kappa shape index (κ3) is 5.43. The van der Waals surface area contributed by atoms with Crippen molar-refractivity contribution in [1.29, 1.82) is 5.26 Å². The average molecular weight is 560 g/mol. The van der Waals surface area contributed by atoms with Crippen LogP contribution in [0.2, 0.25) is 5.02 Å². The van der Waals surface area contributed by atoms with Gasteiger partial charge in [0.1, 0.15) is 12.4 Å². The maximum Gasteiger partial charge on any atom is 0.318 e. The lowest BCUT2D eigenvalue weighted by molar-refractivity contribution is 0.132. The fourth-order valence-electron chi connectivity index (χ4n) is 6.22. The molecule has 0 amide bonds. The topological polar surface area (TPSA) is 71.8 Å². The molecule has 0 radical (unpaired) electrons. The van der Waals surface area contributed by atoms with Crippen LogP contribution in [-0.4, -0.2) is 85.3 Å². The van der Waals surface area contributed by atoms with E-state index in [2.05, 4.69) is 64.0 Å². The summed E-state index contributed by atoms with van der Waals surface area (Å²) < 4.78 is 6.23. The minimum Gasteiger partial charge on any atom is -0.462 e. The van der Waals surface area contributed by atoms with E-state index in [9.17, 15) is 5.26 Å². The van der Waals surface area contributed by atoms with Crippen molar-refractivity contribution in [2.75, 3.05) is 63.2 Å². The maximum atomic E-state index is 9.40. The largest absolute Gasteiger partial charge is 0.462 e. The van der Waals surface area contributed by atoms with E-state index in [1.54, 1.807) is 0 Å². The van der Waals surface area contributed by atoms with E-state index in [4.69, 9.17) is 26.3 Å². The molecule has 1 atom stereocenters. The molecule has 1 saturated carbocycles. The minimum atomic E-state index is 0.183. The molecular weight excluding hydrogens is 522 g/mol. The van der Waals surface area contributed by atoms with Gasteiger partial charge in [0, 0.05) is 61.4 Å². The second-order valence-electron chi connectivity index (χ2n) is 11.4. The van der Waals surface area contributed by atoms with Gasteiger partial charge in [-0.1, -0.05) is 42.3 Å². The Kier molecular flexibility index (Phi) is 7.97. The zero-order chi connectivity index (χ0) is 27.6. The van der Waals surface area contributed by atoms with Crippen molar-refractivity contribution < 1.29 is 4.74 Å². The Morgan fingerprint density at radius 2 is 1.93 bits per heavy atom. The summed E-state index contributed by atoms with van der Waals surface area (Å²) in [6.07, 6.45) is 5.22. The van der Waals surface area contributed by atoms with Crippen molar-refractivity contribution in [3.8, 4) is 12.1 Å². The van der Waals surface area contributed by atoms with Gasteiger partial charge in [-0.3, -0.25) is 4.90 Å². The Morgan fingerprint density at radius 1 is 1.10 bits per heavy atom. The first-order valence-electron chi connectivity index (χ1n) is 14.5. The van der Waals surface area contributed by atoms with Gasteiger partial charge in [0.25, 0.3) is 0 Å². The van der Waals surface area contributed by atoms with Crippen molar-refractivity contribution >= 4 is 33.9 Å². The SMILES string of the molecule is CN(CCOc1nc2c(c(N3CCN(C)C(CC#N)C3)n1)CCN(c1cccc3cccc(Cl)c13)C2)C1CCC1. The molecule has 0 N–H and O–H groups in total. The second kappa shape index (κ2) is 11.8. The Hall–Kier alpha value is -3.12. The van der Waals surface area contributed by atoms with Crippen LogP contribution in [0.5, 0.6) is 6.01 Å². The number of likely N-dealkylation sites (N-methyl/N-ethyl adjacent to an activating group) is 2. The predicted octanol–water partition coefficient (Wildman–Crippen LogP) is 4.74. The number of anilines is 2. The van der Waals surface area contributed by atoms with E-state index < -0.39 is 0 Å². The third-order valence-electron chi connectivity index (χ3n) is 8.97. The molecule has 1 aromatic heterocycles. The van der Waals surface area contributed by atoms with Crippen LogP contribution in [0.1, 0.15) is 36.9 Å². The molecule has 0 bridgehead atoms. The van der Waals surface area contributed by atoms with Crippen LogP contribution >= 0.6 is 11.6 Å². The van der Waals surface area contributed by atoms with Crippen LogP contribution < -0.4 is 14.5 Å². The lowest BCUT2D eigenvalue weighted by Gasteiger charge is -2.41. The predicted molar refractivity (Wildman–Crippen MR) is 160 cm³/mol. The molecule has 3 heterocycles. The summed E-state index contributed by atoms with van der Waals surface area (Å²) in [6, 6.07) is 16.1. The number of hydrogen-bond donors (Lipinski definition) is 0. The van der Waals surface area contributed by atoms with Crippen molar-refractivity contribution in [2.24, 2.45) is 0 Å². The van der Waals surface area contributed by atoms with E-state index in [-0.39, 0.29) is 6.04 Å². The van der Waals surface area contributed by atoms with E-state index in [0.717, 1.165) is 72.1 Å². The molecule has 40 heavy (non-hydrogen) atoms. The lowest BCUT2D eigenvalue weighted by atomic mass is 9.92. The Morgan fingerprint density at radius 3 is 2.70 bits per heavy atom. The van der Waals surface area contributed by atoms with Crippen molar-refractivity contribution in [1.82, 2.24) is 19.8 Å². The van der Waals surface area contributed by atoms with Crippen LogP contribution in [0.4, 0.5) is 11.5 Å². The highest BCUT2D eigenvalue weighted by Crippen LogP contribution is 2.37. The van der Waals surface area contributed by atoms with Crippen molar-refractivity contribution in [3.05, 3.63) is 52.7 Å². The summed E-state index contributed by atoms with van der Waals surface area (Å²) in [5.74, 6) is 0.971. The number of halogens is 1. The highest BCUT2D eigenvalue weighted by atomic mass is 35.5. The fourth-order valence-corrected chi connectivity index (χ4v) is 6.49. The van der Waals surface area contributed by atoms with Gasteiger partial charge < -0.3 is 19.4 Å². The average Bonchev–Trinajstić information content (AvgIpc) is 2.92. The van der Waals surface area contributed by atoms with Gasteiger partial charge in [-0.15, -0.1) is 0 Å². The summed E-state index contributed by atoms with van der Waals surface area (Å²) >= 11 is 6.69. The van der Waals surface area contributed by atoms with Gasteiger partial charge in [-0.25, -0.2) is 0 Å². The molecule has 2 aromatic carbocycles. The maximum absolute atomic E-state index is 9.40. The van der Waals surface area contributed by atoms with Crippen molar-refractivity contribution in [3.63, 3.8) is 0 Å². The first-order chi connectivity index (χ1) is 19.5. The fraction of sp³-hybridized carbons (Fsp3) is 0.516. The molecule has 9 heteroatoms. The van der Waals surface area contributed by atoms with Gasteiger partial charge in [0.2, 0.25) is 0 Å². The number of hydrogen-bond acceptors (Lipinski definition) is 8. The molecule has 1 saturated heterocycles. The molecule has 1 aliphatic carbocycles. The van der Waals surface area contributed by atoms with Gasteiger partial charge in [-0.05, 0) is 50.9 Å². The van der Waals surface area contributed by atoms with Crippen LogP contribution in [0.15, 0.2) is 36.4 Å². The monoisotopic (exact) mass is 559 g/mol. The molecule has 0 spiro atoms. The van der Waals surface area contributed by atoms with Gasteiger partial charge in [0.05, 0.1) is 29.8 Å². The first-order valence-corrected chi connectivity index (χ1v) is 14.9. The summed E-state index contributed by atoms with van der Waals surface area (Å²) in [4.78, 5) is 19.4. The molecule has 210 valence electrons. The summed E-state index contributed by atoms with van der Waals surface area (Å²) in [5.41, 5.74) is 3.34. The number of nitriles is 1. The molecule has 6 rings (SSSR count). The summed E-state index contributed by atoms with van der Waals surface area (Å²) in [6.45, 7) is 5.49. The van der Waals surface area contributed by atoms with Gasteiger partial charge in [0.15, 0.2) is 0 Å². The Labute approximate surface area is 242 Å². The standard InChI is InChI=1S/C31H38ClN7O/c1-36-16-17-39(20-24(36)12-14-33)30-25-13-15-38(28-11-4-7-22-6-3-10-26(32)29(22)28)21-27(25)34-31(35-30)40-19-18-37(2)23-8-5-9-23/h3-4,6-7,10-11,23-24H,5,8-9,12-13,15-21H2,1-2H3. The van der Waals surface area contributed by atoms with E-state index in [0.29, 0.717) is 31.6 Å². The number of rotatable bonds is 8. The van der Waals surface area contributed by atoms with Crippen LogP contribution in [0, 0.1) is 11.3 Å². The van der Waals surface area contributed by atoms with E-state index >= 15 is 0 Å². The minimum absolute atomic E-state index is 0.183. The normalized spacial score (nSPS) is 19.9. The third-order valence-corrected chi connectivity index (χ3v) is 9.29. The Balaban J connectivity index is 1.30. The quantitative estimate of drug-likeness (QED) is 0.392. The zero-order valence-corrected chi connectivity index (χ0v) is 24.3. The second-order valence-corrected chi connectivity index (χ2v) is 11.8. The Bertz CT molecular complexity index is 1400. The smallest absolute Gasteiger partial charge is 0.318 e. The lowest BCUT2D eigenvalue weighted by Crippen LogP contribution is -2.52. The highest BCUT2D eigenvalue weighted by molar-refractivity contribution is 6.36. The van der Waals surface area contributed by atoms with Crippen LogP contribution in [-0.2, 0) is 13.0 Å². The first kappa shape index (κ1) is 27.1. The molecule has 1 unspecified atom stereocenters. The number of ether oxygens (including phenoxy) is 1.